The van der Waals surface area contributed by atoms with Gasteiger partial charge in [0.1, 0.15) is 0 Å². The highest BCUT2D eigenvalue weighted by Gasteiger charge is 2.26. The van der Waals surface area contributed by atoms with Gasteiger partial charge in [-0.3, -0.25) is 0 Å². The van der Waals surface area contributed by atoms with E-state index in [4.69, 9.17) is 10.2 Å². The Kier molecular flexibility index (Phi) is 8.90. The van der Waals surface area contributed by atoms with Crippen LogP contribution in [0.15, 0.2) is 70.4 Å². The van der Waals surface area contributed by atoms with E-state index in [0.29, 0.717) is 0 Å². The van der Waals surface area contributed by atoms with Crippen LogP contribution in [0.2, 0.25) is 0 Å². The predicted molar refractivity (Wildman–Crippen MR) is 114 cm³/mol. The Morgan fingerprint density at radius 1 is 1.11 bits per heavy atom. The van der Waals surface area contributed by atoms with Gasteiger partial charge in [0.15, 0.2) is 0 Å². The van der Waals surface area contributed by atoms with Gasteiger partial charge in [0.05, 0.1) is 0 Å². The van der Waals surface area contributed by atoms with E-state index >= 15 is 0 Å². The van der Waals surface area contributed by atoms with E-state index in [1.807, 2.05) is 32.1 Å². The Morgan fingerprint density at radius 2 is 1.79 bits per heavy atom. The maximum atomic E-state index is 11.0. The Morgan fingerprint density at radius 3 is 2.36 bits per heavy atom. The fourth-order valence-electron chi connectivity index (χ4n) is 3.33. The van der Waals surface area contributed by atoms with Crippen molar-refractivity contribution < 1.29 is 19.8 Å². The van der Waals surface area contributed by atoms with E-state index in [0.717, 1.165) is 17.2 Å². The van der Waals surface area contributed by atoms with E-state index in [1.165, 1.54) is 30.4 Å². The molecule has 0 unspecified atom stereocenters. The number of carboxylic acids is 2. The SMILES string of the molecule is CC(C=CC1=C(C)CCCC1(C)C)=CC=CC(C)=CC/C(=C\C(=O)O)C(=O)O. The van der Waals surface area contributed by atoms with Gasteiger partial charge in [-0.15, -0.1) is 0 Å². The van der Waals surface area contributed by atoms with Gasteiger partial charge in [0.2, 0.25) is 0 Å². The van der Waals surface area contributed by atoms with Crippen LogP contribution in [0.3, 0.4) is 0 Å². The van der Waals surface area contributed by atoms with Crippen molar-refractivity contribution >= 4 is 11.9 Å². The van der Waals surface area contributed by atoms with E-state index in [9.17, 15) is 9.59 Å². The lowest BCUT2D eigenvalue weighted by atomic mass is 9.72. The van der Waals surface area contributed by atoms with Crippen molar-refractivity contribution in [1.29, 1.82) is 0 Å². The smallest absolute Gasteiger partial charge is 0.332 e. The third-order valence-corrected chi connectivity index (χ3v) is 4.99. The third-order valence-electron chi connectivity index (χ3n) is 4.99. The first-order valence-electron chi connectivity index (χ1n) is 9.60. The van der Waals surface area contributed by atoms with Crippen LogP contribution < -0.4 is 0 Å². The minimum Gasteiger partial charge on any atom is -0.478 e. The van der Waals surface area contributed by atoms with Crippen LogP contribution in [0.4, 0.5) is 0 Å². The molecular weight excluding hydrogens is 352 g/mol. The Balaban J connectivity index is 2.77. The molecule has 0 aromatic heterocycles. The number of rotatable bonds is 8. The van der Waals surface area contributed by atoms with Gasteiger partial charge in [0, 0.05) is 11.6 Å². The first-order chi connectivity index (χ1) is 13.0. The lowest BCUT2D eigenvalue weighted by Crippen LogP contribution is -2.19. The molecule has 0 heterocycles. The van der Waals surface area contributed by atoms with E-state index in [-0.39, 0.29) is 17.4 Å². The number of allylic oxidation sites excluding steroid dienone is 10. The Bertz CT molecular complexity index is 783. The van der Waals surface area contributed by atoms with Crippen LogP contribution in [-0.2, 0) is 9.59 Å². The van der Waals surface area contributed by atoms with Crippen LogP contribution in [0.25, 0.3) is 0 Å². The van der Waals surface area contributed by atoms with Crippen LogP contribution in [0.1, 0.15) is 60.3 Å². The number of hydrogen-bond donors (Lipinski definition) is 2. The van der Waals surface area contributed by atoms with Crippen molar-refractivity contribution in [3.8, 4) is 0 Å². The molecule has 152 valence electrons. The first kappa shape index (κ1) is 23.4. The molecule has 0 aromatic carbocycles. The second-order valence-electron chi connectivity index (χ2n) is 8.00. The highest BCUT2D eigenvalue weighted by molar-refractivity contribution is 5.94. The normalized spacial score (nSPS) is 19.0. The average molecular weight is 385 g/mol. The predicted octanol–water partition coefficient (Wildman–Crippen LogP) is 6.00. The zero-order chi connectivity index (χ0) is 21.3. The minimum absolute atomic E-state index is 0.0723. The molecule has 0 spiro atoms. The molecular formula is C24H32O4. The van der Waals surface area contributed by atoms with Gasteiger partial charge in [-0.1, -0.05) is 67.0 Å². The van der Waals surface area contributed by atoms with Gasteiger partial charge in [-0.25, -0.2) is 9.59 Å². The molecule has 0 fully saturated rings. The molecule has 0 atom stereocenters. The summed E-state index contributed by atoms with van der Waals surface area (Å²) < 4.78 is 0. The van der Waals surface area contributed by atoms with Crippen LogP contribution in [0.5, 0.6) is 0 Å². The molecule has 0 saturated heterocycles. The molecule has 0 bridgehead atoms. The molecule has 28 heavy (non-hydrogen) atoms. The third kappa shape index (κ3) is 7.95. The molecule has 0 aromatic rings. The van der Waals surface area contributed by atoms with Gasteiger partial charge in [0.25, 0.3) is 0 Å². The molecule has 0 radical (unpaired) electrons. The molecule has 1 rings (SSSR count). The highest BCUT2D eigenvalue weighted by Crippen LogP contribution is 2.40. The maximum Gasteiger partial charge on any atom is 0.332 e. The van der Waals surface area contributed by atoms with Crippen molar-refractivity contribution in [1.82, 2.24) is 0 Å². The molecule has 1 aliphatic rings. The molecule has 2 N–H and O–H groups in total. The lowest BCUT2D eigenvalue weighted by molar-refractivity contribution is -0.135. The summed E-state index contributed by atoms with van der Waals surface area (Å²) in [4.78, 5) is 21.7. The summed E-state index contributed by atoms with van der Waals surface area (Å²) in [5.74, 6) is -2.47. The van der Waals surface area contributed by atoms with Crippen LogP contribution in [-0.4, -0.2) is 22.2 Å². The fraction of sp³-hybridized carbons (Fsp3) is 0.417. The summed E-state index contributed by atoms with van der Waals surface area (Å²) in [5, 5.41) is 17.7. The molecule has 0 aliphatic heterocycles. The summed E-state index contributed by atoms with van der Waals surface area (Å²) in [7, 11) is 0. The lowest BCUT2D eigenvalue weighted by Gasteiger charge is -2.32. The second-order valence-corrected chi connectivity index (χ2v) is 8.00. The average Bonchev–Trinajstić information content (AvgIpc) is 2.57. The molecule has 0 saturated carbocycles. The van der Waals surface area contributed by atoms with Gasteiger partial charge in [-0.2, -0.15) is 0 Å². The quantitative estimate of drug-likeness (QED) is 0.397. The number of carboxylic acid groups (broad SMARTS) is 2. The molecule has 0 amide bonds. The molecule has 4 heteroatoms. The van der Waals surface area contributed by atoms with Crippen LogP contribution in [0, 0.1) is 5.41 Å². The maximum absolute atomic E-state index is 11.0. The number of hydrogen-bond acceptors (Lipinski definition) is 2. The van der Waals surface area contributed by atoms with Crippen molar-refractivity contribution in [2.75, 3.05) is 0 Å². The van der Waals surface area contributed by atoms with Crippen LogP contribution >= 0.6 is 0 Å². The van der Waals surface area contributed by atoms with E-state index in [1.54, 1.807) is 6.08 Å². The Labute approximate surface area is 168 Å². The van der Waals surface area contributed by atoms with Gasteiger partial charge >= 0.3 is 11.9 Å². The molecule has 4 nitrogen and oxygen atoms in total. The highest BCUT2D eigenvalue weighted by atomic mass is 16.4. The van der Waals surface area contributed by atoms with Crippen molar-refractivity contribution in [3.05, 3.63) is 70.4 Å². The Hall–Kier alpha value is -2.62. The summed E-state index contributed by atoms with van der Waals surface area (Å²) in [5.41, 5.74) is 4.98. The van der Waals surface area contributed by atoms with Gasteiger partial charge < -0.3 is 10.2 Å². The summed E-state index contributed by atoms with van der Waals surface area (Å²) in [6.07, 6.45) is 16.3. The summed E-state index contributed by atoms with van der Waals surface area (Å²) >= 11 is 0. The second kappa shape index (κ2) is 10.6. The number of aliphatic carboxylic acids is 2. The summed E-state index contributed by atoms with van der Waals surface area (Å²) in [6, 6.07) is 0. The van der Waals surface area contributed by atoms with E-state index < -0.39 is 11.9 Å². The monoisotopic (exact) mass is 384 g/mol. The fourth-order valence-corrected chi connectivity index (χ4v) is 3.33. The van der Waals surface area contributed by atoms with E-state index in [2.05, 4.69) is 32.9 Å². The summed E-state index contributed by atoms with van der Waals surface area (Å²) in [6.45, 7) is 10.7. The van der Waals surface area contributed by atoms with Crippen molar-refractivity contribution in [2.45, 2.75) is 60.3 Å². The standard InChI is InChI=1S/C24H32O4/c1-17(11-13-20(23(27)28)16-22(25)26)8-6-9-18(2)12-14-21-19(3)10-7-15-24(21,4)5/h6,8-9,11-12,14,16H,7,10,13,15H2,1-5H3,(H,25,26)(H,27,28)/b8-6?,14-12?,17-11?,18-9?,20-16+. The zero-order valence-electron chi connectivity index (χ0n) is 17.6. The zero-order valence-corrected chi connectivity index (χ0v) is 17.6. The number of carbonyl (C=O) groups is 2. The minimum atomic E-state index is -1.25. The topological polar surface area (TPSA) is 74.6 Å². The van der Waals surface area contributed by atoms with Gasteiger partial charge in [-0.05, 0) is 57.4 Å². The first-order valence-corrected chi connectivity index (χ1v) is 9.60. The van der Waals surface area contributed by atoms with Crippen molar-refractivity contribution in [3.63, 3.8) is 0 Å². The largest absolute Gasteiger partial charge is 0.478 e. The molecule has 1 aliphatic carbocycles. The van der Waals surface area contributed by atoms with Crippen molar-refractivity contribution in [2.24, 2.45) is 5.41 Å².